The summed E-state index contributed by atoms with van der Waals surface area (Å²) >= 11 is 0. The van der Waals surface area contributed by atoms with Gasteiger partial charge in [-0.05, 0) is 18.9 Å². The van der Waals surface area contributed by atoms with Crippen molar-refractivity contribution >= 4 is 11.7 Å². The first-order valence-electron chi connectivity index (χ1n) is 6.82. The molecule has 1 unspecified atom stereocenters. The van der Waals surface area contributed by atoms with Crippen molar-refractivity contribution in [1.29, 1.82) is 0 Å². The first kappa shape index (κ1) is 16.0. The van der Waals surface area contributed by atoms with Gasteiger partial charge in [0, 0.05) is 18.7 Å². The third-order valence-electron chi connectivity index (χ3n) is 3.47. The molecule has 0 saturated heterocycles. The molecule has 1 aromatic rings. The molecule has 1 atom stereocenters. The molecule has 0 spiro atoms. The van der Waals surface area contributed by atoms with Gasteiger partial charge in [-0.15, -0.1) is 0 Å². The topological polar surface area (TPSA) is 78.9 Å². The molecule has 0 aliphatic carbocycles. The summed E-state index contributed by atoms with van der Waals surface area (Å²) in [6.07, 6.45) is 2.43. The first-order chi connectivity index (χ1) is 9.49. The van der Waals surface area contributed by atoms with Crippen molar-refractivity contribution in [2.45, 2.75) is 39.2 Å². The molecule has 0 bridgehead atoms. The lowest BCUT2D eigenvalue weighted by Crippen LogP contribution is -2.36. The Morgan fingerprint density at radius 1 is 1.40 bits per heavy atom. The number of oxime groups is 1. The number of amidine groups is 1. The minimum atomic E-state index is 0.0663. The monoisotopic (exact) mass is 277 g/mol. The maximum Gasteiger partial charge on any atom is 0.226 e. The molecule has 0 saturated carbocycles. The largest absolute Gasteiger partial charge is 0.409 e. The van der Waals surface area contributed by atoms with E-state index in [4.69, 9.17) is 10.9 Å². The molecule has 0 aliphatic rings. The van der Waals surface area contributed by atoms with E-state index in [-0.39, 0.29) is 17.8 Å². The van der Waals surface area contributed by atoms with Crippen LogP contribution in [0.5, 0.6) is 0 Å². The molecule has 5 heteroatoms. The number of nitrogens with zero attached hydrogens (tertiary/aromatic N) is 2. The van der Waals surface area contributed by atoms with Crippen molar-refractivity contribution < 1.29 is 10.0 Å². The fraction of sp³-hybridized carbons (Fsp3) is 0.467. The lowest BCUT2D eigenvalue weighted by atomic mass is 10.1. The summed E-state index contributed by atoms with van der Waals surface area (Å²) in [5.74, 6) is 0.166. The fourth-order valence-electron chi connectivity index (χ4n) is 2.01. The molecular weight excluding hydrogens is 254 g/mol. The summed E-state index contributed by atoms with van der Waals surface area (Å²) < 4.78 is 0. The summed E-state index contributed by atoms with van der Waals surface area (Å²) in [5, 5.41) is 11.5. The Balaban J connectivity index is 2.67. The SMILES string of the molecule is CCCC(C)N(C)C(=O)Cc1ccc(C(N)=NO)cc1. The van der Waals surface area contributed by atoms with E-state index >= 15 is 0 Å². The van der Waals surface area contributed by atoms with Crippen LogP contribution in [-0.2, 0) is 11.2 Å². The Hall–Kier alpha value is -2.04. The quantitative estimate of drug-likeness (QED) is 0.361. The highest BCUT2D eigenvalue weighted by molar-refractivity contribution is 5.97. The number of hydrogen-bond donors (Lipinski definition) is 2. The van der Waals surface area contributed by atoms with Gasteiger partial charge in [0.15, 0.2) is 5.84 Å². The molecule has 110 valence electrons. The van der Waals surface area contributed by atoms with Crippen LogP contribution in [0, 0.1) is 0 Å². The van der Waals surface area contributed by atoms with Crippen LogP contribution in [0.15, 0.2) is 29.4 Å². The van der Waals surface area contributed by atoms with Gasteiger partial charge < -0.3 is 15.8 Å². The highest BCUT2D eigenvalue weighted by atomic mass is 16.4. The number of rotatable bonds is 6. The average Bonchev–Trinajstić information content (AvgIpc) is 2.46. The molecule has 0 fully saturated rings. The van der Waals surface area contributed by atoms with Gasteiger partial charge in [-0.1, -0.05) is 42.8 Å². The van der Waals surface area contributed by atoms with Crippen molar-refractivity contribution in [3.05, 3.63) is 35.4 Å². The standard InChI is InChI=1S/C15H23N3O2/c1-4-5-11(2)18(3)14(19)10-12-6-8-13(9-7-12)15(16)17-20/h6-9,11,20H,4-5,10H2,1-3H3,(H2,16,17). The third-order valence-corrected chi connectivity index (χ3v) is 3.47. The highest BCUT2D eigenvalue weighted by Gasteiger charge is 2.15. The molecule has 1 rings (SSSR count). The Morgan fingerprint density at radius 2 is 2.00 bits per heavy atom. The molecule has 20 heavy (non-hydrogen) atoms. The van der Waals surface area contributed by atoms with E-state index in [0.29, 0.717) is 12.0 Å². The maximum absolute atomic E-state index is 12.1. The Labute approximate surface area is 120 Å². The van der Waals surface area contributed by atoms with Gasteiger partial charge in [0.2, 0.25) is 5.91 Å². The first-order valence-corrected chi connectivity index (χ1v) is 6.82. The molecule has 0 aliphatic heterocycles. The van der Waals surface area contributed by atoms with Crippen molar-refractivity contribution in [2.24, 2.45) is 10.9 Å². The van der Waals surface area contributed by atoms with E-state index in [9.17, 15) is 4.79 Å². The molecule has 0 heterocycles. The molecular formula is C15H23N3O2. The minimum Gasteiger partial charge on any atom is -0.409 e. The molecule has 0 aromatic heterocycles. The number of likely N-dealkylation sites (N-methyl/N-ethyl adjacent to an activating group) is 1. The van der Waals surface area contributed by atoms with Crippen molar-refractivity contribution in [3.63, 3.8) is 0 Å². The zero-order chi connectivity index (χ0) is 15.1. The average molecular weight is 277 g/mol. The summed E-state index contributed by atoms with van der Waals surface area (Å²) in [6, 6.07) is 7.39. The van der Waals surface area contributed by atoms with Crippen LogP contribution in [-0.4, -0.2) is 34.9 Å². The Morgan fingerprint density at radius 3 is 2.50 bits per heavy atom. The van der Waals surface area contributed by atoms with Crippen LogP contribution in [0.1, 0.15) is 37.8 Å². The van der Waals surface area contributed by atoms with E-state index in [1.165, 1.54) is 0 Å². The van der Waals surface area contributed by atoms with Gasteiger partial charge in [-0.2, -0.15) is 0 Å². The molecule has 0 radical (unpaired) electrons. The van der Waals surface area contributed by atoms with Crippen LogP contribution in [0.25, 0.3) is 0 Å². The molecule has 5 nitrogen and oxygen atoms in total. The minimum absolute atomic E-state index is 0.0663. The lowest BCUT2D eigenvalue weighted by molar-refractivity contribution is -0.131. The van der Waals surface area contributed by atoms with E-state index in [2.05, 4.69) is 19.0 Å². The Kier molecular flexibility index (Phi) is 6.03. The van der Waals surface area contributed by atoms with Crippen LogP contribution in [0.3, 0.4) is 0 Å². The van der Waals surface area contributed by atoms with Crippen LogP contribution < -0.4 is 5.73 Å². The second kappa shape index (κ2) is 7.53. The van der Waals surface area contributed by atoms with Gasteiger partial charge in [0.05, 0.1) is 6.42 Å². The number of carbonyl (C=O) groups is 1. The predicted octanol–water partition coefficient (Wildman–Crippen LogP) is 1.97. The summed E-state index contributed by atoms with van der Waals surface area (Å²) in [6.45, 7) is 4.17. The summed E-state index contributed by atoms with van der Waals surface area (Å²) in [5.41, 5.74) is 7.04. The maximum atomic E-state index is 12.1. The summed E-state index contributed by atoms with van der Waals surface area (Å²) in [7, 11) is 1.84. The van der Waals surface area contributed by atoms with Gasteiger partial charge in [0.25, 0.3) is 0 Å². The van der Waals surface area contributed by atoms with Crippen molar-refractivity contribution in [1.82, 2.24) is 4.90 Å². The van der Waals surface area contributed by atoms with E-state index in [1.54, 1.807) is 17.0 Å². The molecule has 3 N–H and O–H groups in total. The van der Waals surface area contributed by atoms with Gasteiger partial charge in [-0.3, -0.25) is 4.79 Å². The third kappa shape index (κ3) is 4.26. The van der Waals surface area contributed by atoms with Crippen molar-refractivity contribution in [3.8, 4) is 0 Å². The van der Waals surface area contributed by atoms with Crippen molar-refractivity contribution in [2.75, 3.05) is 7.05 Å². The fourth-order valence-corrected chi connectivity index (χ4v) is 2.01. The Bertz CT molecular complexity index is 469. The predicted molar refractivity (Wildman–Crippen MR) is 79.8 cm³/mol. The lowest BCUT2D eigenvalue weighted by Gasteiger charge is -2.24. The molecule has 1 aromatic carbocycles. The van der Waals surface area contributed by atoms with E-state index in [0.717, 1.165) is 18.4 Å². The number of amides is 1. The number of nitrogens with two attached hydrogens (primary N) is 1. The van der Waals surface area contributed by atoms with Gasteiger partial charge in [0.1, 0.15) is 0 Å². The number of hydrogen-bond acceptors (Lipinski definition) is 3. The molecule has 1 amide bonds. The number of carbonyl (C=O) groups excluding carboxylic acids is 1. The van der Waals surface area contributed by atoms with Crippen LogP contribution in [0.2, 0.25) is 0 Å². The highest BCUT2D eigenvalue weighted by Crippen LogP contribution is 2.09. The van der Waals surface area contributed by atoms with Crippen LogP contribution >= 0.6 is 0 Å². The normalized spacial score (nSPS) is 13.1. The summed E-state index contributed by atoms with van der Waals surface area (Å²) in [4.78, 5) is 13.9. The van der Waals surface area contributed by atoms with Crippen LogP contribution in [0.4, 0.5) is 0 Å². The van der Waals surface area contributed by atoms with E-state index in [1.807, 2.05) is 19.2 Å². The zero-order valence-corrected chi connectivity index (χ0v) is 12.3. The second-order valence-corrected chi connectivity index (χ2v) is 5.00. The van der Waals surface area contributed by atoms with Gasteiger partial charge >= 0.3 is 0 Å². The number of benzene rings is 1. The smallest absolute Gasteiger partial charge is 0.226 e. The van der Waals surface area contributed by atoms with E-state index < -0.39 is 0 Å². The second-order valence-electron chi connectivity index (χ2n) is 5.00. The zero-order valence-electron chi connectivity index (χ0n) is 12.3. The van der Waals surface area contributed by atoms with Gasteiger partial charge in [-0.25, -0.2) is 0 Å².